The van der Waals surface area contributed by atoms with Gasteiger partial charge in [0.25, 0.3) is 0 Å². The fourth-order valence-electron chi connectivity index (χ4n) is 5.19. The van der Waals surface area contributed by atoms with Crippen molar-refractivity contribution in [3.05, 3.63) is 11.8 Å². The van der Waals surface area contributed by atoms with Crippen LogP contribution in [0.5, 0.6) is 5.88 Å². The van der Waals surface area contributed by atoms with E-state index in [1.54, 1.807) is 7.11 Å². The summed E-state index contributed by atoms with van der Waals surface area (Å²) in [5.74, 6) is 4.52. The minimum Gasteiger partial charge on any atom is -0.481 e. The summed E-state index contributed by atoms with van der Waals surface area (Å²) in [5, 5.41) is 4.71. The van der Waals surface area contributed by atoms with Gasteiger partial charge < -0.3 is 10.5 Å². The molecular weight excluding hydrogens is 238 g/mol. The van der Waals surface area contributed by atoms with Crippen LogP contribution in [0.3, 0.4) is 0 Å². The first kappa shape index (κ1) is 11.8. The van der Waals surface area contributed by atoms with Crippen LogP contribution in [0, 0.1) is 23.7 Å². The second kappa shape index (κ2) is 4.23. The molecular formula is C15H23N3O. The van der Waals surface area contributed by atoms with Gasteiger partial charge in [-0.05, 0) is 55.8 Å². The number of aromatic nitrogens is 2. The molecule has 0 aliphatic heterocycles. The maximum atomic E-state index is 5.73. The van der Waals surface area contributed by atoms with Crippen molar-refractivity contribution in [1.82, 2.24) is 9.78 Å². The number of rotatable bonds is 3. The smallest absolute Gasteiger partial charge is 0.212 e. The lowest BCUT2D eigenvalue weighted by Gasteiger charge is -2.54. The number of methoxy groups -OCH3 is 1. The standard InChI is InChI=1S/C15H23N3O/c1-19-14-7-13(8-16)17-18(14)15-11-3-9-2-10(5-11)6-12(15)4-9/h7,9-12,15H,2-6,8,16H2,1H3. The second-order valence-electron chi connectivity index (χ2n) is 6.75. The van der Waals surface area contributed by atoms with Gasteiger partial charge in [0.1, 0.15) is 0 Å². The number of nitrogens with two attached hydrogens (primary N) is 1. The Hall–Kier alpha value is -1.03. The molecule has 0 unspecified atom stereocenters. The van der Waals surface area contributed by atoms with E-state index in [2.05, 4.69) is 4.68 Å². The van der Waals surface area contributed by atoms with E-state index in [0.29, 0.717) is 12.6 Å². The van der Waals surface area contributed by atoms with Gasteiger partial charge in [0.15, 0.2) is 0 Å². The molecule has 4 aliphatic carbocycles. The zero-order valence-electron chi connectivity index (χ0n) is 11.6. The molecule has 2 N–H and O–H groups in total. The molecule has 1 heterocycles. The lowest BCUT2D eigenvalue weighted by atomic mass is 9.54. The van der Waals surface area contributed by atoms with Gasteiger partial charge in [0.05, 0.1) is 18.8 Å². The number of hydrogen-bond acceptors (Lipinski definition) is 3. The number of ether oxygens (including phenoxy) is 1. The van der Waals surface area contributed by atoms with Crippen LogP contribution in [0.1, 0.15) is 43.8 Å². The van der Waals surface area contributed by atoms with Crippen molar-refractivity contribution in [3.63, 3.8) is 0 Å². The maximum absolute atomic E-state index is 5.73. The van der Waals surface area contributed by atoms with E-state index in [4.69, 9.17) is 15.6 Å². The Morgan fingerprint density at radius 1 is 1.21 bits per heavy atom. The third kappa shape index (κ3) is 1.72. The Bertz CT molecular complexity index is 454. The predicted molar refractivity (Wildman–Crippen MR) is 72.8 cm³/mol. The minimum atomic E-state index is 0.497. The molecule has 0 saturated heterocycles. The Morgan fingerprint density at radius 2 is 1.84 bits per heavy atom. The molecule has 4 saturated carbocycles. The first-order valence-electron chi connectivity index (χ1n) is 7.61. The molecule has 1 aromatic rings. The molecule has 4 aliphatic rings. The molecule has 104 valence electrons. The summed E-state index contributed by atoms with van der Waals surface area (Å²) in [5.41, 5.74) is 6.68. The Morgan fingerprint density at radius 3 is 2.37 bits per heavy atom. The van der Waals surface area contributed by atoms with Gasteiger partial charge in [-0.1, -0.05) is 0 Å². The van der Waals surface area contributed by atoms with Crippen LogP contribution in [-0.2, 0) is 6.54 Å². The highest BCUT2D eigenvalue weighted by Crippen LogP contribution is 2.58. The van der Waals surface area contributed by atoms with Crippen LogP contribution in [0.15, 0.2) is 6.07 Å². The molecule has 0 amide bonds. The molecule has 0 radical (unpaired) electrons. The van der Waals surface area contributed by atoms with Crippen LogP contribution in [0.2, 0.25) is 0 Å². The van der Waals surface area contributed by atoms with E-state index in [-0.39, 0.29) is 0 Å². The van der Waals surface area contributed by atoms with Gasteiger partial charge in [0.2, 0.25) is 5.88 Å². The van der Waals surface area contributed by atoms with E-state index in [1.807, 2.05) is 6.07 Å². The quantitative estimate of drug-likeness (QED) is 0.908. The fourth-order valence-corrected chi connectivity index (χ4v) is 5.19. The summed E-state index contributed by atoms with van der Waals surface area (Å²) < 4.78 is 7.69. The molecule has 4 bridgehead atoms. The van der Waals surface area contributed by atoms with Gasteiger partial charge in [-0.15, -0.1) is 0 Å². The van der Waals surface area contributed by atoms with Crippen LogP contribution >= 0.6 is 0 Å². The van der Waals surface area contributed by atoms with Crippen molar-refractivity contribution in [2.75, 3.05) is 7.11 Å². The normalized spacial score (nSPS) is 39.8. The molecule has 4 fully saturated rings. The third-order valence-corrected chi connectivity index (χ3v) is 5.63. The van der Waals surface area contributed by atoms with E-state index < -0.39 is 0 Å². The van der Waals surface area contributed by atoms with E-state index >= 15 is 0 Å². The van der Waals surface area contributed by atoms with Gasteiger partial charge >= 0.3 is 0 Å². The molecule has 4 nitrogen and oxygen atoms in total. The Kier molecular flexibility index (Phi) is 2.62. The highest BCUT2D eigenvalue weighted by molar-refractivity contribution is 5.18. The summed E-state index contributed by atoms with van der Waals surface area (Å²) in [4.78, 5) is 0. The average Bonchev–Trinajstić information content (AvgIpc) is 2.81. The molecule has 19 heavy (non-hydrogen) atoms. The zero-order valence-corrected chi connectivity index (χ0v) is 11.6. The summed E-state index contributed by atoms with van der Waals surface area (Å²) >= 11 is 0. The lowest BCUT2D eigenvalue weighted by Crippen LogP contribution is -2.46. The van der Waals surface area contributed by atoms with Crippen molar-refractivity contribution in [2.45, 2.75) is 44.7 Å². The SMILES string of the molecule is COc1cc(CN)nn1C1C2CC3CC(C2)CC1C3. The van der Waals surface area contributed by atoms with Crippen molar-refractivity contribution >= 4 is 0 Å². The van der Waals surface area contributed by atoms with E-state index in [9.17, 15) is 0 Å². The monoisotopic (exact) mass is 261 g/mol. The average molecular weight is 261 g/mol. The minimum absolute atomic E-state index is 0.497. The van der Waals surface area contributed by atoms with E-state index in [0.717, 1.165) is 35.2 Å². The summed E-state index contributed by atoms with van der Waals surface area (Å²) in [6.45, 7) is 0.497. The predicted octanol–water partition coefficient (Wildman–Crippen LogP) is 2.35. The highest BCUT2D eigenvalue weighted by atomic mass is 16.5. The van der Waals surface area contributed by atoms with Gasteiger partial charge in [-0.2, -0.15) is 5.10 Å². The first-order chi connectivity index (χ1) is 9.28. The van der Waals surface area contributed by atoms with Crippen LogP contribution in [-0.4, -0.2) is 16.9 Å². The van der Waals surface area contributed by atoms with E-state index in [1.165, 1.54) is 32.1 Å². The molecule has 4 heteroatoms. The van der Waals surface area contributed by atoms with Crippen molar-refractivity contribution in [3.8, 4) is 5.88 Å². The third-order valence-electron chi connectivity index (χ3n) is 5.63. The zero-order chi connectivity index (χ0) is 13.0. The largest absolute Gasteiger partial charge is 0.481 e. The van der Waals surface area contributed by atoms with Crippen molar-refractivity contribution < 1.29 is 4.74 Å². The molecule has 0 spiro atoms. The fraction of sp³-hybridized carbons (Fsp3) is 0.800. The summed E-state index contributed by atoms with van der Waals surface area (Å²) in [6.07, 6.45) is 7.10. The Labute approximate surface area is 114 Å². The topological polar surface area (TPSA) is 53.1 Å². The molecule has 0 atom stereocenters. The second-order valence-corrected chi connectivity index (χ2v) is 6.75. The molecule has 5 rings (SSSR count). The van der Waals surface area contributed by atoms with Crippen LogP contribution in [0.4, 0.5) is 0 Å². The molecule has 0 aromatic carbocycles. The van der Waals surface area contributed by atoms with Gasteiger partial charge in [-0.25, -0.2) is 4.68 Å². The molecule has 1 aromatic heterocycles. The highest BCUT2D eigenvalue weighted by Gasteiger charge is 2.49. The maximum Gasteiger partial charge on any atom is 0.212 e. The summed E-state index contributed by atoms with van der Waals surface area (Å²) in [7, 11) is 1.74. The number of hydrogen-bond donors (Lipinski definition) is 1. The van der Waals surface area contributed by atoms with Crippen molar-refractivity contribution in [2.24, 2.45) is 29.4 Å². The first-order valence-corrected chi connectivity index (χ1v) is 7.61. The number of nitrogens with zero attached hydrogens (tertiary/aromatic N) is 2. The Balaban J connectivity index is 1.70. The summed E-state index contributed by atoms with van der Waals surface area (Å²) in [6, 6.07) is 2.56. The van der Waals surface area contributed by atoms with Crippen molar-refractivity contribution in [1.29, 1.82) is 0 Å². The van der Waals surface area contributed by atoms with Crippen LogP contribution < -0.4 is 10.5 Å². The van der Waals surface area contributed by atoms with Crippen LogP contribution in [0.25, 0.3) is 0 Å². The van der Waals surface area contributed by atoms with Gasteiger partial charge in [0, 0.05) is 12.6 Å². The van der Waals surface area contributed by atoms with Gasteiger partial charge in [-0.3, -0.25) is 0 Å². The lowest BCUT2D eigenvalue weighted by molar-refractivity contribution is -0.0361.